The number of amidine groups is 1. The van der Waals surface area contributed by atoms with Gasteiger partial charge in [-0.25, -0.2) is 0 Å². The first-order valence-electron chi connectivity index (χ1n) is 6.00. The summed E-state index contributed by atoms with van der Waals surface area (Å²) in [5.41, 5.74) is 5.54. The fourth-order valence-corrected chi connectivity index (χ4v) is 2.72. The van der Waals surface area contributed by atoms with Crippen molar-refractivity contribution in [3.8, 4) is 0 Å². The largest absolute Gasteiger partial charge is 0.386 e. The van der Waals surface area contributed by atoms with Gasteiger partial charge in [-0.05, 0) is 39.3 Å². The van der Waals surface area contributed by atoms with E-state index in [1.807, 2.05) is 6.92 Å². The Morgan fingerprint density at radius 3 is 2.60 bits per heavy atom. The van der Waals surface area contributed by atoms with E-state index in [4.69, 9.17) is 11.1 Å². The van der Waals surface area contributed by atoms with Crippen molar-refractivity contribution in [2.45, 2.75) is 38.3 Å². The van der Waals surface area contributed by atoms with Crippen LogP contribution in [0.3, 0.4) is 0 Å². The van der Waals surface area contributed by atoms with E-state index in [0.717, 1.165) is 13.1 Å². The zero-order valence-corrected chi connectivity index (χ0v) is 9.58. The molecule has 4 heteroatoms. The van der Waals surface area contributed by atoms with Crippen molar-refractivity contribution in [3.05, 3.63) is 0 Å². The van der Waals surface area contributed by atoms with Gasteiger partial charge in [0, 0.05) is 19.1 Å². The highest BCUT2D eigenvalue weighted by atomic mass is 15.3. The summed E-state index contributed by atoms with van der Waals surface area (Å²) in [4.78, 5) is 4.94. The van der Waals surface area contributed by atoms with Crippen LogP contribution in [0.4, 0.5) is 0 Å². The third-order valence-electron chi connectivity index (χ3n) is 3.85. The second-order valence-corrected chi connectivity index (χ2v) is 4.81. The molecule has 0 radical (unpaired) electrons. The fraction of sp³-hybridized carbons (Fsp3) is 0.909. The summed E-state index contributed by atoms with van der Waals surface area (Å²) < 4.78 is 0. The summed E-state index contributed by atoms with van der Waals surface area (Å²) in [7, 11) is 0. The first kappa shape index (κ1) is 10.9. The SMILES string of the molecule is CC(C(=N)N)N1CCC(N2CCCC2)C1. The molecule has 3 N–H and O–H groups in total. The van der Waals surface area contributed by atoms with Crippen LogP contribution in [0.1, 0.15) is 26.2 Å². The molecule has 0 spiro atoms. The molecule has 2 saturated heterocycles. The van der Waals surface area contributed by atoms with Crippen LogP contribution in [-0.4, -0.2) is 53.9 Å². The Morgan fingerprint density at radius 2 is 2.00 bits per heavy atom. The molecule has 15 heavy (non-hydrogen) atoms. The van der Waals surface area contributed by atoms with Gasteiger partial charge in [0.2, 0.25) is 0 Å². The Kier molecular flexibility index (Phi) is 3.26. The Balaban J connectivity index is 1.86. The van der Waals surface area contributed by atoms with Crippen molar-refractivity contribution in [2.75, 3.05) is 26.2 Å². The van der Waals surface area contributed by atoms with E-state index in [1.54, 1.807) is 0 Å². The second kappa shape index (κ2) is 4.49. The Labute approximate surface area is 91.9 Å². The van der Waals surface area contributed by atoms with Gasteiger partial charge in [-0.3, -0.25) is 15.2 Å². The molecule has 2 fully saturated rings. The van der Waals surface area contributed by atoms with Crippen LogP contribution >= 0.6 is 0 Å². The van der Waals surface area contributed by atoms with E-state index in [-0.39, 0.29) is 6.04 Å². The number of hydrogen-bond acceptors (Lipinski definition) is 3. The van der Waals surface area contributed by atoms with Crippen molar-refractivity contribution >= 4 is 5.84 Å². The van der Waals surface area contributed by atoms with Crippen molar-refractivity contribution < 1.29 is 0 Å². The van der Waals surface area contributed by atoms with E-state index in [9.17, 15) is 0 Å². The number of nitrogens with zero attached hydrogens (tertiary/aromatic N) is 2. The lowest BCUT2D eigenvalue weighted by Crippen LogP contribution is -2.43. The highest BCUT2D eigenvalue weighted by molar-refractivity contribution is 5.82. The summed E-state index contributed by atoms with van der Waals surface area (Å²) in [6, 6.07) is 0.840. The van der Waals surface area contributed by atoms with Crippen molar-refractivity contribution in [2.24, 2.45) is 5.73 Å². The maximum absolute atomic E-state index is 7.46. The van der Waals surface area contributed by atoms with Crippen LogP contribution in [0.2, 0.25) is 0 Å². The average molecular weight is 210 g/mol. The summed E-state index contributed by atoms with van der Waals surface area (Å²) >= 11 is 0. The molecule has 2 aliphatic rings. The standard InChI is InChI=1S/C11H22N4/c1-9(11(12)13)15-7-4-10(8-15)14-5-2-3-6-14/h9-10H,2-8H2,1H3,(H3,12,13). The normalized spacial score (nSPS) is 30.9. The summed E-state index contributed by atoms with van der Waals surface area (Å²) in [5.74, 6) is 0.303. The molecule has 0 aromatic rings. The molecular weight excluding hydrogens is 188 g/mol. The van der Waals surface area contributed by atoms with Gasteiger partial charge in [-0.2, -0.15) is 0 Å². The molecule has 2 rings (SSSR count). The van der Waals surface area contributed by atoms with E-state index in [1.165, 1.54) is 32.4 Å². The molecular formula is C11H22N4. The molecule has 4 nitrogen and oxygen atoms in total. The number of rotatable bonds is 3. The lowest BCUT2D eigenvalue weighted by atomic mass is 10.2. The van der Waals surface area contributed by atoms with Crippen LogP contribution < -0.4 is 5.73 Å². The molecule has 0 aromatic carbocycles. The van der Waals surface area contributed by atoms with Crippen molar-refractivity contribution in [3.63, 3.8) is 0 Å². The predicted octanol–water partition coefficient (Wildman–Crippen LogP) is 0.481. The van der Waals surface area contributed by atoms with Gasteiger partial charge in [0.05, 0.1) is 6.04 Å². The molecule has 2 atom stereocenters. The average Bonchev–Trinajstić information content (AvgIpc) is 2.86. The lowest BCUT2D eigenvalue weighted by molar-refractivity contribution is 0.226. The molecule has 0 bridgehead atoms. The van der Waals surface area contributed by atoms with Gasteiger partial charge in [0.15, 0.2) is 0 Å². The zero-order chi connectivity index (χ0) is 10.8. The monoisotopic (exact) mass is 210 g/mol. The first-order valence-corrected chi connectivity index (χ1v) is 6.00. The number of nitrogens with one attached hydrogen (secondary N) is 1. The highest BCUT2D eigenvalue weighted by Gasteiger charge is 2.31. The van der Waals surface area contributed by atoms with E-state index >= 15 is 0 Å². The molecule has 0 aromatic heterocycles. The predicted molar refractivity (Wildman–Crippen MR) is 62.2 cm³/mol. The van der Waals surface area contributed by atoms with Crippen LogP contribution in [0.25, 0.3) is 0 Å². The van der Waals surface area contributed by atoms with E-state index in [2.05, 4.69) is 9.80 Å². The quantitative estimate of drug-likeness (QED) is 0.526. The first-order chi connectivity index (χ1) is 7.18. The van der Waals surface area contributed by atoms with Crippen molar-refractivity contribution in [1.29, 1.82) is 5.41 Å². The van der Waals surface area contributed by atoms with Gasteiger partial charge < -0.3 is 5.73 Å². The fourth-order valence-electron chi connectivity index (χ4n) is 2.72. The smallest absolute Gasteiger partial charge is 0.108 e. The number of hydrogen-bond donors (Lipinski definition) is 2. The summed E-state index contributed by atoms with van der Waals surface area (Å²) in [6.45, 7) is 6.78. The summed E-state index contributed by atoms with van der Waals surface area (Å²) in [5, 5.41) is 7.46. The summed E-state index contributed by atoms with van der Waals surface area (Å²) in [6.07, 6.45) is 3.97. The molecule has 0 aliphatic carbocycles. The lowest BCUT2D eigenvalue weighted by Gasteiger charge is -2.26. The minimum Gasteiger partial charge on any atom is -0.386 e. The van der Waals surface area contributed by atoms with E-state index in [0.29, 0.717) is 11.9 Å². The molecule has 0 saturated carbocycles. The molecule has 2 heterocycles. The minimum absolute atomic E-state index is 0.123. The third kappa shape index (κ3) is 2.32. The van der Waals surface area contributed by atoms with Crippen molar-refractivity contribution in [1.82, 2.24) is 9.80 Å². The van der Waals surface area contributed by atoms with Crippen LogP contribution in [-0.2, 0) is 0 Å². The van der Waals surface area contributed by atoms with Gasteiger partial charge in [0.25, 0.3) is 0 Å². The Morgan fingerprint density at radius 1 is 1.33 bits per heavy atom. The minimum atomic E-state index is 0.123. The second-order valence-electron chi connectivity index (χ2n) is 4.81. The van der Waals surface area contributed by atoms with Crippen LogP contribution in [0.5, 0.6) is 0 Å². The number of likely N-dealkylation sites (tertiary alicyclic amines) is 2. The molecule has 2 aliphatic heterocycles. The zero-order valence-electron chi connectivity index (χ0n) is 9.58. The van der Waals surface area contributed by atoms with Gasteiger partial charge in [-0.1, -0.05) is 0 Å². The Hall–Kier alpha value is -0.610. The van der Waals surface area contributed by atoms with E-state index < -0.39 is 0 Å². The van der Waals surface area contributed by atoms with Gasteiger partial charge >= 0.3 is 0 Å². The highest BCUT2D eigenvalue weighted by Crippen LogP contribution is 2.21. The maximum atomic E-state index is 7.46. The Bertz CT molecular complexity index is 235. The molecule has 86 valence electrons. The van der Waals surface area contributed by atoms with Crippen LogP contribution in [0.15, 0.2) is 0 Å². The third-order valence-corrected chi connectivity index (χ3v) is 3.85. The molecule has 0 amide bonds. The van der Waals surface area contributed by atoms with Crippen LogP contribution in [0, 0.1) is 5.41 Å². The topological polar surface area (TPSA) is 56.4 Å². The van der Waals surface area contributed by atoms with Gasteiger partial charge in [0.1, 0.15) is 5.84 Å². The maximum Gasteiger partial charge on any atom is 0.108 e. The number of nitrogens with two attached hydrogens (primary N) is 1. The van der Waals surface area contributed by atoms with Gasteiger partial charge in [-0.15, -0.1) is 0 Å². The molecule has 2 unspecified atom stereocenters.